The molecule has 38 heavy (non-hydrogen) atoms. The molecular formula is C29H45FN5O2S-. The predicted octanol–water partition coefficient (Wildman–Crippen LogP) is 4.66. The largest absolute Gasteiger partial charge is 0.759 e. The van der Waals surface area contributed by atoms with Crippen LogP contribution in [0, 0.1) is 17.7 Å². The van der Waals surface area contributed by atoms with E-state index in [1.54, 1.807) is 12.1 Å². The molecule has 0 spiro atoms. The van der Waals surface area contributed by atoms with E-state index in [0.717, 1.165) is 74.3 Å². The first-order valence-corrected chi connectivity index (χ1v) is 15.8. The van der Waals surface area contributed by atoms with Crippen molar-refractivity contribution in [3.05, 3.63) is 35.3 Å². The van der Waals surface area contributed by atoms with Gasteiger partial charge in [0.25, 0.3) is 0 Å². The third-order valence-electron chi connectivity index (χ3n) is 9.47. The Morgan fingerprint density at radius 2 is 1.74 bits per heavy atom. The summed E-state index contributed by atoms with van der Waals surface area (Å²) in [6.45, 7) is 10.4. The van der Waals surface area contributed by atoms with E-state index in [1.807, 2.05) is 6.07 Å². The highest BCUT2D eigenvalue weighted by atomic mass is 32.2. The van der Waals surface area contributed by atoms with Crippen LogP contribution < -0.4 is 10.3 Å². The molecule has 212 valence electrons. The molecule has 0 amide bonds. The minimum Gasteiger partial charge on any atom is -0.759 e. The average molecular weight is 547 g/mol. The van der Waals surface area contributed by atoms with Gasteiger partial charge in [-0.1, -0.05) is 13.8 Å². The summed E-state index contributed by atoms with van der Waals surface area (Å²) in [5, 5.41) is 1.02. The molecule has 3 fully saturated rings. The second-order valence-electron chi connectivity index (χ2n) is 12.0. The number of hydrogen-bond donors (Lipinski definition) is 2. The summed E-state index contributed by atoms with van der Waals surface area (Å²) in [5.41, 5.74) is 6.38. The Labute approximate surface area is 229 Å². The molecule has 1 atom stereocenters. The van der Waals surface area contributed by atoms with Crippen LogP contribution >= 0.6 is 0 Å². The standard InChI is InChI=1S/C29H46FN5O2S/c1-21(2)22-5-8-24(9-6-22)34-17-12-25(13-18-34)35-28-10-7-23(30)19-26(28)27(20-33-15-3-4-16-33)29(35)11-14-31-32-38(36)37/h7,10,19,21-22,24-25,31-32H,3-6,8-9,11-18,20H2,1-2H3,(H,36,37)/p-1. The first-order chi connectivity index (χ1) is 18.4. The Morgan fingerprint density at radius 1 is 1.03 bits per heavy atom. The lowest BCUT2D eigenvalue weighted by Gasteiger charge is -2.42. The van der Waals surface area contributed by atoms with Crippen LogP contribution in [0.3, 0.4) is 0 Å². The molecule has 1 aromatic carbocycles. The van der Waals surface area contributed by atoms with Crippen molar-refractivity contribution < 1.29 is 13.2 Å². The number of hydrazine groups is 1. The first kappa shape index (κ1) is 28.2. The molecule has 5 rings (SSSR count). The second-order valence-corrected chi connectivity index (χ2v) is 12.7. The number of likely N-dealkylation sites (tertiary alicyclic amines) is 2. The van der Waals surface area contributed by atoms with Crippen LogP contribution in [0.25, 0.3) is 10.9 Å². The molecule has 1 aliphatic carbocycles. The highest BCUT2D eigenvalue weighted by molar-refractivity contribution is 7.76. The van der Waals surface area contributed by atoms with Gasteiger partial charge in [0.2, 0.25) is 0 Å². The fourth-order valence-electron chi connectivity index (χ4n) is 7.37. The van der Waals surface area contributed by atoms with Gasteiger partial charge in [-0.25, -0.2) is 9.82 Å². The zero-order chi connectivity index (χ0) is 26.6. The Hall–Kier alpha value is -1.36. The van der Waals surface area contributed by atoms with E-state index in [-0.39, 0.29) is 5.82 Å². The number of halogens is 1. The maximum Gasteiger partial charge on any atom is 0.123 e. The average Bonchev–Trinajstić information content (AvgIpc) is 3.53. The van der Waals surface area contributed by atoms with Crippen LogP contribution in [0.5, 0.6) is 0 Å². The van der Waals surface area contributed by atoms with E-state index in [2.05, 4.69) is 38.5 Å². The number of aromatic nitrogens is 1. The number of benzene rings is 1. The Kier molecular flexibility index (Phi) is 9.55. The molecule has 9 heteroatoms. The SMILES string of the molecule is CC(C)C1CCC(N2CCC(n3c(CCNNS(=O)[O-])c(CN4CCCC4)c4cc(F)ccc43)CC2)CC1. The van der Waals surface area contributed by atoms with E-state index in [4.69, 9.17) is 0 Å². The van der Waals surface area contributed by atoms with Crippen LogP contribution in [-0.4, -0.2) is 61.9 Å². The summed E-state index contributed by atoms with van der Waals surface area (Å²) in [7, 11) is 0. The van der Waals surface area contributed by atoms with E-state index >= 15 is 0 Å². The molecule has 0 radical (unpaired) electrons. The minimum absolute atomic E-state index is 0.197. The van der Waals surface area contributed by atoms with Crippen LogP contribution in [0.1, 0.15) is 82.5 Å². The monoisotopic (exact) mass is 546 g/mol. The molecule has 3 aliphatic rings. The van der Waals surface area contributed by atoms with Gasteiger partial charge in [0.15, 0.2) is 0 Å². The van der Waals surface area contributed by atoms with Crippen molar-refractivity contribution in [1.29, 1.82) is 0 Å². The summed E-state index contributed by atoms with van der Waals surface area (Å²) in [6, 6.07) is 6.34. The summed E-state index contributed by atoms with van der Waals surface area (Å²) in [4.78, 5) is 7.49. The van der Waals surface area contributed by atoms with Crippen molar-refractivity contribution in [2.75, 3.05) is 32.7 Å². The summed E-state index contributed by atoms with van der Waals surface area (Å²) in [6.07, 6.45) is 10.7. The van der Waals surface area contributed by atoms with E-state index in [9.17, 15) is 13.2 Å². The van der Waals surface area contributed by atoms with Gasteiger partial charge in [-0.15, -0.1) is 0 Å². The van der Waals surface area contributed by atoms with Crippen molar-refractivity contribution in [3.63, 3.8) is 0 Å². The normalized spacial score (nSPS) is 25.1. The lowest BCUT2D eigenvalue weighted by Crippen LogP contribution is -2.44. The smallest absolute Gasteiger partial charge is 0.123 e. The maximum atomic E-state index is 14.5. The van der Waals surface area contributed by atoms with E-state index in [1.165, 1.54) is 49.8 Å². The molecular weight excluding hydrogens is 501 g/mol. The minimum atomic E-state index is -2.35. The third-order valence-corrected chi connectivity index (χ3v) is 9.78. The summed E-state index contributed by atoms with van der Waals surface area (Å²) < 4.78 is 39.0. The van der Waals surface area contributed by atoms with Crippen molar-refractivity contribution >= 4 is 22.2 Å². The molecule has 2 saturated heterocycles. The summed E-state index contributed by atoms with van der Waals surface area (Å²) >= 11 is -2.35. The molecule has 3 heterocycles. The van der Waals surface area contributed by atoms with Gasteiger partial charge in [-0.2, -0.15) is 4.83 Å². The van der Waals surface area contributed by atoms with Crippen molar-refractivity contribution in [2.45, 2.75) is 90.3 Å². The number of fused-ring (bicyclic) bond motifs is 1. The number of nitrogens with zero attached hydrogens (tertiary/aromatic N) is 3. The Balaban J connectivity index is 1.37. The molecule has 1 aromatic heterocycles. The third kappa shape index (κ3) is 6.50. The predicted molar refractivity (Wildman–Crippen MR) is 151 cm³/mol. The zero-order valence-corrected chi connectivity index (χ0v) is 23.9. The van der Waals surface area contributed by atoms with Gasteiger partial charge >= 0.3 is 0 Å². The summed E-state index contributed by atoms with van der Waals surface area (Å²) in [5.74, 6) is 1.48. The molecule has 7 nitrogen and oxygen atoms in total. The molecule has 2 aliphatic heterocycles. The van der Waals surface area contributed by atoms with Crippen molar-refractivity contribution in [1.82, 2.24) is 24.6 Å². The first-order valence-electron chi connectivity index (χ1n) is 14.8. The van der Waals surface area contributed by atoms with Crippen LogP contribution in [0.4, 0.5) is 4.39 Å². The van der Waals surface area contributed by atoms with Crippen LogP contribution in [0.2, 0.25) is 0 Å². The Bertz CT molecular complexity index is 1090. The fraction of sp³-hybridized carbons (Fsp3) is 0.724. The van der Waals surface area contributed by atoms with E-state index < -0.39 is 11.3 Å². The van der Waals surface area contributed by atoms with Gasteiger partial charge < -0.3 is 14.0 Å². The van der Waals surface area contributed by atoms with Crippen molar-refractivity contribution in [2.24, 2.45) is 11.8 Å². The number of hydrogen-bond acceptors (Lipinski definition) is 5. The maximum absolute atomic E-state index is 14.5. The lowest BCUT2D eigenvalue weighted by atomic mass is 9.79. The quantitative estimate of drug-likeness (QED) is 0.258. The molecule has 1 saturated carbocycles. The van der Waals surface area contributed by atoms with Crippen LogP contribution in [-0.2, 0) is 24.2 Å². The van der Waals surface area contributed by atoms with E-state index in [0.29, 0.717) is 19.0 Å². The molecule has 2 aromatic rings. The van der Waals surface area contributed by atoms with Gasteiger partial charge in [-0.3, -0.25) is 9.11 Å². The Morgan fingerprint density at radius 3 is 2.39 bits per heavy atom. The van der Waals surface area contributed by atoms with Gasteiger partial charge in [0.1, 0.15) is 5.82 Å². The molecule has 1 unspecified atom stereocenters. The molecule has 0 bridgehead atoms. The molecule has 2 N–H and O–H groups in total. The van der Waals surface area contributed by atoms with Gasteiger partial charge in [-0.05, 0) is 100 Å². The van der Waals surface area contributed by atoms with Crippen LogP contribution in [0.15, 0.2) is 18.2 Å². The number of rotatable bonds is 10. The number of piperidine rings is 1. The van der Waals surface area contributed by atoms with Crippen molar-refractivity contribution in [3.8, 4) is 0 Å². The lowest BCUT2D eigenvalue weighted by molar-refractivity contribution is 0.0889. The highest BCUT2D eigenvalue weighted by Gasteiger charge is 2.32. The topological polar surface area (TPSA) is 75.6 Å². The fourth-order valence-corrected chi connectivity index (χ4v) is 7.59. The number of nitrogens with one attached hydrogen (secondary N) is 2. The second kappa shape index (κ2) is 12.9. The highest BCUT2D eigenvalue weighted by Crippen LogP contribution is 2.38. The zero-order valence-electron chi connectivity index (χ0n) is 23.1. The van der Waals surface area contributed by atoms with Gasteiger partial charge in [0.05, 0.1) is 0 Å². The van der Waals surface area contributed by atoms with Gasteiger partial charge in [0, 0.05) is 72.5 Å².